The fourth-order valence-electron chi connectivity index (χ4n) is 1.16. The lowest BCUT2D eigenvalue weighted by atomic mass is 10.1. The molecule has 84 valence electrons. The minimum Gasteiger partial charge on any atom is -0.396 e. The maximum absolute atomic E-state index is 13.1. The predicted molar refractivity (Wildman–Crippen MR) is 47.0 cm³/mol. The highest BCUT2D eigenvalue weighted by Crippen LogP contribution is 2.30. The highest BCUT2D eigenvalue weighted by molar-refractivity contribution is 5.26. The minimum atomic E-state index is -4.40. The van der Waals surface area contributed by atoms with Crippen molar-refractivity contribution < 1.29 is 22.7 Å². The summed E-state index contributed by atoms with van der Waals surface area (Å²) >= 11 is 0. The summed E-state index contributed by atoms with van der Waals surface area (Å²) in [6.45, 7) is -0.331. The third-order valence-electron chi connectivity index (χ3n) is 1.98. The van der Waals surface area contributed by atoms with E-state index in [1.807, 2.05) is 0 Å². The van der Waals surface area contributed by atoms with Crippen molar-refractivity contribution in [3.63, 3.8) is 0 Å². The average Bonchev–Trinajstić information content (AvgIpc) is 2.17. The van der Waals surface area contributed by atoms with Crippen LogP contribution in [0.1, 0.15) is 23.7 Å². The van der Waals surface area contributed by atoms with Gasteiger partial charge >= 0.3 is 6.18 Å². The summed E-state index contributed by atoms with van der Waals surface area (Å²) in [7, 11) is 0. The lowest BCUT2D eigenvalue weighted by Gasteiger charge is -2.09. The Balaban J connectivity index is 2.81. The molecule has 0 amide bonds. The van der Waals surface area contributed by atoms with Crippen LogP contribution in [0, 0.1) is 0 Å². The van der Waals surface area contributed by atoms with Crippen LogP contribution in [0.5, 0.6) is 0 Å². The van der Waals surface area contributed by atoms with Gasteiger partial charge in [0.25, 0.3) is 0 Å². The van der Waals surface area contributed by atoms with E-state index in [-0.39, 0.29) is 18.6 Å². The Bertz CT molecular complexity index is 304. The zero-order chi connectivity index (χ0) is 11.5. The summed E-state index contributed by atoms with van der Waals surface area (Å²) in [5.41, 5.74) is -0.653. The van der Waals surface area contributed by atoms with Gasteiger partial charge in [-0.3, -0.25) is 0 Å². The van der Waals surface area contributed by atoms with E-state index in [4.69, 9.17) is 5.11 Å². The average molecular weight is 222 g/mol. The molecule has 0 aliphatic carbocycles. The largest absolute Gasteiger partial charge is 0.416 e. The van der Waals surface area contributed by atoms with Gasteiger partial charge in [0, 0.05) is 13.0 Å². The zero-order valence-electron chi connectivity index (χ0n) is 7.76. The summed E-state index contributed by atoms with van der Waals surface area (Å²) < 4.78 is 49.5. The number of benzene rings is 1. The van der Waals surface area contributed by atoms with Crippen LogP contribution in [0.25, 0.3) is 0 Å². The van der Waals surface area contributed by atoms with Gasteiger partial charge in [-0.25, -0.2) is 4.39 Å². The number of rotatable bonds is 3. The highest BCUT2D eigenvalue weighted by Gasteiger charge is 2.30. The maximum Gasteiger partial charge on any atom is 0.416 e. The molecule has 0 saturated carbocycles. The number of halogens is 4. The molecule has 0 aliphatic heterocycles. The van der Waals surface area contributed by atoms with Gasteiger partial charge in [0.15, 0.2) is 0 Å². The lowest BCUT2D eigenvalue weighted by molar-refractivity contribution is -0.137. The quantitative estimate of drug-likeness (QED) is 0.779. The first kappa shape index (κ1) is 12.0. The third kappa shape index (κ3) is 3.20. The van der Waals surface area contributed by atoms with E-state index in [0.29, 0.717) is 0 Å². The normalized spacial score (nSPS) is 13.9. The summed E-state index contributed by atoms with van der Waals surface area (Å²) in [6.07, 6.45) is -5.93. The van der Waals surface area contributed by atoms with Gasteiger partial charge in [0.05, 0.1) is 5.56 Å². The Labute approximate surface area is 84.3 Å². The molecule has 0 bridgehead atoms. The van der Waals surface area contributed by atoms with Gasteiger partial charge in [-0.15, -0.1) is 0 Å². The molecule has 0 aliphatic rings. The molecule has 0 aromatic heterocycles. The number of hydrogen-bond acceptors (Lipinski definition) is 1. The molecule has 0 heterocycles. The first-order chi connectivity index (χ1) is 6.95. The molecule has 5 heteroatoms. The summed E-state index contributed by atoms with van der Waals surface area (Å²) in [5, 5.41) is 8.46. The molecule has 1 nitrogen and oxygen atoms in total. The van der Waals surface area contributed by atoms with Crippen molar-refractivity contribution in [2.45, 2.75) is 18.8 Å². The molecule has 0 spiro atoms. The zero-order valence-corrected chi connectivity index (χ0v) is 7.76. The van der Waals surface area contributed by atoms with Gasteiger partial charge in [-0.05, 0) is 17.7 Å². The third-order valence-corrected chi connectivity index (χ3v) is 1.98. The van der Waals surface area contributed by atoms with Crippen LogP contribution in [-0.2, 0) is 6.18 Å². The molecule has 1 atom stereocenters. The number of hydrogen-bond donors (Lipinski definition) is 1. The first-order valence-corrected chi connectivity index (χ1v) is 4.37. The van der Waals surface area contributed by atoms with E-state index in [0.717, 1.165) is 24.3 Å². The van der Waals surface area contributed by atoms with E-state index >= 15 is 0 Å². The van der Waals surface area contributed by atoms with E-state index < -0.39 is 17.9 Å². The van der Waals surface area contributed by atoms with Crippen molar-refractivity contribution >= 4 is 0 Å². The van der Waals surface area contributed by atoms with E-state index in [9.17, 15) is 17.6 Å². The second kappa shape index (κ2) is 4.61. The number of aliphatic hydroxyl groups excluding tert-OH is 1. The molecular weight excluding hydrogens is 212 g/mol. The molecule has 1 aromatic carbocycles. The monoisotopic (exact) mass is 222 g/mol. The highest BCUT2D eigenvalue weighted by atomic mass is 19.4. The molecule has 15 heavy (non-hydrogen) atoms. The van der Waals surface area contributed by atoms with Gasteiger partial charge in [-0.1, -0.05) is 12.1 Å². The summed E-state index contributed by atoms with van der Waals surface area (Å²) in [4.78, 5) is 0. The van der Waals surface area contributed by atoms with Gasteiger partial charge in [0.2, 0.25) is 0 Å². The fraction of sp³-hybridized carbons (Fsp3) is 0.400. The second-order valence-electron chi connectivity index (χ2n) is 3.10. The van der Waals surface area contributed by atoms with E-state index in [1.165, 1.54) is 0 Å². The van der Waals surface area contributed by atoms with Crippen molar-refractivity contribution in [2.24, 2.45) is 0 Å². The molecular formula is C10H10F4O. The van der Waals surface area contributed by atoms with Gasteiger partial charge < -0.3 is 5.11 Å². The van der Waals surface area contributed by atoms with E-state index in [1.54, 1.807) is 0 Å². The van der Waals surface area contributed by atoms with Gasteiger partial charge in [0.1, 0.15) is 6.17 Å². The van der Waals surface area contributed by atoms with Crippen LogP contribution in [0.15, 0.2) is 24.3 Å². The Kier molecular flexibility index (Phi) is 3.68. The van der Waals surface area contributed by atoms with Crippen LogP contribution in [-0.4, -0.2) is 11.7 Å². The summed E-state index contributed by atoms with van der Waals surface area (Å²) in [6, 6.07) is 3.84. The van der Waals surface area contributed by atoms with E-state index in [2.05, 4.69) is 0 Å². The van der Waals surface area contributed by atoms with Gasteiger partial charge in [-0.2, -0.15) is 13.2 Å². The minimum absolute atomic E-state index is 0.106. The Morgan fingerprint density at radius 1 is 1.13 bits per heavy atom. The maximum atomic E-state index is 13.1. The van der Waals surface area contributed by atoms with Crippen LogP contribution in [0.2, 0.25) is 0 Å². The molecule has 1 N–H and O–H groups in total. The second-order valence-corrected chi connectivity index (χ2v) is 3.10. The Hall–Kier alpha value is -1.10. The number of alkyl halides is 4. The van der Waals surface area contributed by atoms with Crippen molar-refractivity contribution in [3.8, 4) is 0 Å². The molecule has 0 saturated heterocycles. The molecule has 0 radical (unpaired) electrons. The van der Waals surface area contributed by atoms with Crippen molar-refractivity contribution in [2.75, 3.05) is 6.61 Å². The summed E-state index contributed by atoms with van der Waals surface area (Å²) in [5.74, 6) is 0. The molecule has 0 fully saturated rings. The predicted octanol–water partition coefficient (Wildman–Crippen LogP) is 3.10. The van der Waals surface area contributed by atoms with Crippen molar-refractivity contribution in [1.82, 2.24) is 0 Å². The smallest absolute Gasteiger partial charge is 0.396 e. The van der Waals surface area contributed by atoms with Crippen LogP contribution in [0.4, 0.5) is 17.6 Å². The van der Waals surface area contributed by atoms with Crippen LogP contribution in [0.3, 0.4) is 0 Å². The Morgan fingerprint density at radius 2 is 1.67 bits per heavy atom. The fourth-order valence-corrected chi connectivity index (χ4v) is 1.16. The SMILES string of the molecule is OCCC(F)c1ccc(C(F)(F)F)cc1. The Morgan fingerprint density at radius 3 is 2.07 bits per heavy atom. The molecule has 1 rings (SSSR count). The molecule has 1 unspecified atom stereocenters. The van der Waals surface area contributed by atoms with Crippen LogP contribution < -0.4 is 0 Å². The molecule has 1 aromatic rings. The van der Waals surface area contributed by atoms with Crippen molar-refractivity contribution in [3.05, 3.63) is 35.4 Å². The standard InChI is InChI=1S/C10H10F4O/c11-9(5-6-15)7-1-3-8(4-2-7)10(12,13)14/h1-4,9,15H,5-6H2. The van der Waals surface area contributed by atoms with Crippen LogP contribution >= 0.6 is 0 Å². The van der Waals surface area contributed by atoms with Crippen molar-refractivity contribution in [1.29, 1.82) is 0 Å². The topological polar surface area (TPSA) is 20.2 Å². The first-order valence-electron chi connectivity index (χ1n) is 4.37. The number of aliphatic hydroxyl groups is 1. The lowest BCUT2D eigenvalue weighted by Crippen LogP contribution is -2.05.